The van der Waals surface area contributed by atoms with Crippen LogP contribution in [-0.2, 0) is 11.3 Å². The molecule has 1 aromatic carbocycles. The second kappa shape index (κ2) is 10.1. The van der Waals surface area contributed by atoms with Crippen LogP contribution in [0.5, 0.6) is 0 Å². The highest BCUT2D eigenvalue weighted by atomic mass is 16.1. The zero-order valence-corrected chi connectivity index (χ0v) is 16.3. The minimum Gasteiger partial charge on any atom is -0.356 e. The third-order valence-electron chi connectivity index (χ3n) is 6.24. The molecule has 26 heavy (non-hydrogen) atoms. The lowest BCUT2D eigenvalue weighted by Gasteiger charge is -2.32. The Kier molecular flexibility index (Phi) is 7.51. The SMILES string of the molecule is CC(CC(=O)NCC1CCN(Cc2ccccc2)CC1)C1CCNCC1. The minimum atomic E-state index is 0.253. The first kappa shape index (κ1) is 19.4. The van der Waals surface area contributed by atoms with Crippen LogP contribution < -0.4 is 10.6 Å². The number of amides is 1. The number of hydrogen-bond donors (Lipinski definition) is 2. The summed E-state index contributed by atoms with van der Waals surface area (Å²) in [5, 5.41) is 6.62. The molecule has 2 N–H and O–H groups in total. The highest BCUT2D eigenvalue weighted by molar-refractivity contribution is 5.76. The van der Waals surface area contributed by atoms with Gasteiger partial charge in [-0.3, -0.25) is 9.69 Å². The maximum Gasteiger partial charge on any atom is 0.220 e. The van der Waals surface area contributed by atoms with Crippen molar-refractivity contribution < 1.29 is 4.79 Å². The Bertz CT molecular complexity index is 534. The molecular weight excluding hydrogens is 322 g/mol. The highest BCUT2D eigenvalue weighted by Crippen LogP contribution is 2.24. The van der Waals surface area contributed by atoms with Crippen LogP contribution in [-0.4, -0.2) is 43.5 Å². The maximum absolute atomic E-state index is 12.3. The molecule has 2 fully saturated rings. The average Bonchev–Trinajstić information content (AvgIpc) is 2.69. The normalized spacial score (nSPS) is 21.4. The number of nitrogens with one attached hydrogen (secondary N) is 2. The molecule has 0 spiro atoms. The quantitative estimate of drug-likeness (QED) is 0.788. The molecule has 1 atom stereocenters. The van der Waals surface area contributed by atoms with Crippen molar-refractivity contribution in [2.45, 2.75) is 45.6 Å². The van der Waals surface area contributed by atoms with Crippen LogP contribution >= 0.6 is 0 Å². The Balaban J connectivity index is 1.31. The predicted molar refractivity (Wildman–Crippen MR) is 107 cm³/mol. The van der Waals surface area contributed by atoms with Gasteiger partial charge in [-0.15, -0.1) is 0 Å². The molecule has 144 valence electrons. The van der Waals surface area contributed by atoms with Gasteiger partial charge in [0.25, 0.3) is 0 Å². The van der Waals surface area contributed by atoms with Gasteiger partial charge in [-0.25, -0.2) is 0 Å². The Morgan fingerprint density at radius 3 is 2.54 bits per heavy atom. The fraction of sp³-hybridized carbons (Fsp3) is 0.682. The molecule has 0 bridgehead atoms. The van der Waals surface area contributed by atoms with E-state index in [1.165, 1.54) is 31.2 Å². The van der Waals surface area contributed by atoms with E-state index in [1.54, 1.807) is 0 Å². The van der Waals surface area contributed by atoms with Crippen LogP contribution in [0.1, 0.15) is 44.6 Å². The van der Waals surface area contributed by atoms with E-state index in [-0.39, 0.29) is 5.91 Å². The van der Waals surface area contributed by atoms with Crippen LogP contribution in [0.15, 0.2) is 30.3 Å². The molecule has 4 nitrogen and oxygen atoms in total. The molecule has 0 radical (unpaired) electrons. The van der Waals surface area contributed by atoms with Crippen molar-refractivity contribution in [3.63, 3.8) is 0 Å². The summed E-state index contributed by atoms with van der Waals surface area (Å²) in [6, 6.07) is 10.7. The van der Waals surface area contributed by atoms with Crippen molar-refractivity contribution in [1.82, 2.24) is 15.5 Å². The van der Waals surface area contributed by atoms with Gasteiger partial charge in [0, 0.05) is 19.5 Å². The second-order valence-electron chi connectivity index (χ2n) is 8.28. The topological polar surface area (TPSA) is 44.4 Å². The molecule has 2 heterocycles. The third-order valence-corrected chi connectivity index (χ3v) is 6.24. The van der Waals surface area contributed by atoms with Crippen molar-refractivity contribution in [3.8, 4) is 0 Å². The Morgan fingerprint density at radius 2 is 1.85 bits per heavy atom. The van der Waals surface area contributed by atoms with Gasteiger partial charge < -0.3 is 10.6 Å². The van der Waals surface area contributed by atoms with Gasteiger partial charge in [0.1, 0.15) is 0 Å². The monoisotopic (exact) mass is 357 g/mol. The minimum absolute atomic E-state index is 0.253. The Labute approximate surface area is 158 Å². The molecule has 2 aliphatic rings. The standard InChI is InChI=1S/C22H35N3O/c1-18(21-7-11-23-12-8-21)15-22(26)24-16-19-9-13-25(14-10-19)17-20-5-3-2-4-6-20/h2-6,18-19,21,23H,7-17H2,1H3,(H,24,26). The van der Waals surface area contributed by atoms with E-state index in [4.69, 9.17) is 0 Å². The molecule has 3 rings (SSSR count). The number of benzene rings is 1. The summed E-state index contributed by atoms with van der Waals surface area (Å²) in [6.45, 7) is 8.65. The number of carbonyl (C=O) groups excluding carboxylic acids is 1. The number of carbonyl (C=O) groups is 1. The van der Waals surface area contributed by atoms with Gasteiger partial charge in [0.15, 0.2) is 0 Å². The molecule has 2 aliphatic heterocycles. The molecule has 0 aliphatic carbocycles. The molecule has 1 aromatic rings. The summed E-state index contributed by atoms with van der Waals surface area (Å²) in [6.07, 6.45) is 5.51. The van der Waals surface area contributed by atoms with E-state index >= 15 is 0 Å². The number of hydrogen-bond acceptors (Lipinski definition) is 3. The summed E-state index contributed by atoms with van der Waals surface area (Å²) in [4.78, 5) is 14.8. The van der Waals surface area contributed by atoms with Gasteiger partial charge >= 0.3 is 0 Å². The van der Waals surface area contributed by atoms with Crippen molar-refractivity contribution in [1.29, 1.82) is 0 Å². The first-order chi connectivity index (χ1) is 12.7. The number of nitrogens with zero attached hydrogens (tertiary/aromatic N) is 1. The molecule has 0 saturated carbocycles. The van der Waals surface area contributed by atoms with E-state index in [0.29, 0.717) is 24.2 Å². The average molecular weight is 358 g/mol. The number of piperidine rings is 2. The fourth-order valence-electron chi connectivity index (χ4n) is 4.39. The van der Waals surface area contributed by atoms with Gasteiger partial charge in [0.2, 0.25) is 5.91 Å². The molecule has 1 amide bonds. The van der Waals surface area contributed by atoms with Gasteiger partial charge in [0.05, 0.1) is 0 Å². The first-order valence-corrected chi connectivity index (χ1v) is 10.4. The summed E-state index contributed by atoms with van der Waals surface area (Å²) in [7, 11) is 0. The summed E-state index contributed by atoms with van der Waals surface area (Å²) < 4.78 is 0. The second-order valence-corrected chi connectivity index (χ2v) is 8.28. The van der Waals surface area contributed by atoms with Gasteiger partial charge in [-0.2, -0.15) is 0 Å². The fourth-order valence-corrected chi connectivity index (χ4v) is 4.39. The molecule has 4 heteroatoms. The molecular formula is C22H35N3O. The first-order valence-electron chi connectivity index (χ1n) is 10.4. The molecule has 0 aromatic heterocycles. The smallest absolute Gasteiger partial charge is 0.220 e. The Morgan fingerprint density at radius 1 is 1.15 bits per heavy atom. The van der Waals surface area contributed by atoms with Crippen LogP contribution in [0.25, 0.3) is 0 Å². The third kappa shape index (κ3) is 6.10. The van der Waals surface area contributed by atoms with Crippen molar-refractivity contribution in [2.24, 2.45) is 17.8 Å². The predicted octanol–water partition coefficient (Wildman–Crippen LogP) is 3.04. The van der Waals surface area contributed by atoms with E-state index in [0.717, 1.165) is 39.3 Å². The van der Waals surface area contributed by atoms with Crippen LogP contribution in [0.4, 0.5) is 0 Å². The zero-order valence-electron chi connectivity index (χ0n) is 16.3. The van der Waals surface area contributed by atoms with Crippen LogP contribution in [0.2, 0.25) is 0 Å². The summed E-state index contributed by atoms with van der Waals surface area (Å²) in [5.41, 5.74) is 1.39. The maximum atomic E-state index is 12.3. The molecule has 1 unspecified atom stereocenters. The van der Waals surface area contributed by atoms with Gasteiger partial charge in [-0.05, 0) is 75.2 Å². The molecule has 2 saturated heterocycles. The lowest BCUT2D eigenvalue weighted by atomic mass is 9.84. The number of likely N-dealkylation sites (tertiary alicyclic amines) is 1. The van der Waals surface area contributed by atoms with Crippen LogP contribution in [0, 0.1) is 17.8 Å². The van der Waals surface area contributed by atoms with E-state index in [1.807, 2.05) is 0 Å². The summed E-state index contributed by atoms with van der Waals surface area (Å²) >= 11 is 0. The lowest BCUT2D eigenvalue weighted by molar-refractivity contribution is -0.122. The zero-order chi connectivity index (χ0) is 18.2. The van der Waals surface area contributed by atoms with E-state index < -0.39 is 0 Å². The van der Waals surface area contributed by atoms with E-state index in [2.05, 4.69) is 52.8 Å². The lowest BCUT2D eigenvalue weighted by Crippen LogP contribution is -2.39. The van der Waals surface area contributed by atoms with Crippen LogP contribution in [0.3, 0.4) is 0 Å². The largest absolute Gasteiger partial charge is 0.356 e. The van der Waals surface area contributed by atoms with E-state index in [9.17, 15) is 4.79 Å². The van der Waals surface area contributed by atoms with Crippen molar-refractivity contribution in [2.75, 3.05) is 32.7 Å². The number of rotatable bonds is 7. The summed E-state index contributed by atoms with van der Waals surface area (Å²) in [5.74, 6) is 2.11. The van der Waals surface area contributed by atoms with Crippen molar-refractivity contribution in [3.05, 3.63) is 35.9 Å². The van der Waals surface area contributed by atoms with Gasteiger partial charge in [-0.1, -0.05) is 37.3 Å². The highest BCUT2D eigenvalue weighted by Gasteiger charge is 2.23. The van der Waals surface area contributed by atoms with Crippen molar-refractivity contribution >= 4 is 5.91 Å². The Hall–Kier alpha value is -1.39.